The standard InChI is InChI=1S/C15H17BrN2O2S/c1-2-18-21(19,20)15-9-4-3-8-14(15)17-11-12-6-5-7-13(16)10-12/h3-10,17-18H,2,11H2,1H3. The molecule has 6 heteroatoms. The number of anilines is 1. The van der Waals surface area contributed by atoms with Gasteiger partial charge in [-0.25, -0.2) is 13.1 Å². The Bertz CT molecular complexity index is 717. The van der Waals surface area contributed by atoms with Crippen LogP contribution in [0.2, 0.25) is 0 Å². The monoisotopic (exact) mass is 368 g/mol. The van der Waals surface area contributed by atoms with Gasteiger partial charge in [-0.05, 0) is 29.8 Å². The van der Waals surface area contributed by atoms with Gasteiger partial charge in [0.1, 0.15) is 4.90 Å². The summed E-state index contributed by atoms with van der Waals surface area (Å²) >= 11 is 3.42. The number of sulfonamides is 1. The zero-order valence-corrected chi connectivity index (χ0v) is 14.0. The molecule has 0 radical (unpaired) electrons. The zero-order valence-electron chi connectivity index (χ0n) is 11.6. The van der Waals surface area contributed by atoms with Crippen molar-refractivity contribution in [3.63, 3.8) is 0 Å². The van der Waals surface area contributed by atoms with Gasteiger partial charge < -0.3 is 5.32 Å². The molecule has 0 aromatic heterocycles. The fourth-order valence-electron chi connectivity index (χ4n) is 1.96. The molecular weight excluding hydrogens is 352 g/mol. The lowest BCUT2D eigenvalue weighted by Gasteiger charge is -2.13. The Labute approximate surface area is 133 Å². The molecule has 2 N–H and O–H groups in total. The fraction of sp³-hybridized carbons (Fsp3) is 0.200. The first kappa shape index (κ1) is 16.0. The van der Waals surface area contributed by atoms with E-state index in [1.54, 1.807) is 25.1 Å². The van der Waals surface area contributed by atoms with Gasteiger partial charge in [0.25, 0.3) is 0 Å². The fourth-order valence-corrected chi connectivity index (χ4v) is 3.63. The van der Waals surface area contributed by atoms with Crippen molar-refractivity contribution in [3.8, 4) is 0 Å². The van der Waals surface area contributed by atoms with E-state index in [9.17, 15) is 8.42 Å². The van der Waals surface area contributed by atoms with Crippen LogP contribution in [0.1, 0.15) is 12.5 Å². The van der Waals surface area contributed by atoms with Gasteiger partial charge in [0.05, 0.1) is 5.69 Å². The van der Waals surface area contributed by atoms with E-state index < -0.39 is 10.0 Å². The molecule has 0 saturated heterocycles. The van der Waals surface area contributed by atoms with E-state index in [4.69, 9.17) is 0 Å². The maximum Gasteiger partial charge on any atom is 0.242 e. The van der Waals surface area contributed by atoms with Crippen LogP contribution in [0.5, 0.6) is 0 Å². The number of rotatable bonds is 6. The molecule has 0 aliphatic carbocycles. The first-order valence-electron chi connectivity index (χ1n) is 6.60. The normalized spacial score (nSPS) is 11.3. The third-order valence-corrected chi connectivity index (χ3v) is 4.98. The molecule has 2 rings (SSSR count). The van der Waals surface area contributed by atoms with Crippen LogP contribution < -0.4 is 10.0 Å². The second-order valence-corrected chi connectivity index (χ2v) is 7.13. The Kier molecular flexibility index (Phi) is 5.39. The molecule has 0 heterocycles. The molecule has 0 amide bonds. The van der Waals surface area contributed by atoms with Crippen LogP contribution in [0.4, 0.5) is 5.69 Å². The van der Waals surface area contributed by atoms with Crippen LogP contribution in [-0.4, -0.2) is 15.0 Å². The van der Waals surface area contributed by atoms with Crippen LogP contribution >= 0.6 is 15.9 Å². The van der Waals surface area contributed by atoms with Gasteiger partial charge in [-0.15, -0.1) is 0 Å². The summed E-state index contributed by atoms with van der Waals surface area (Å²) in [5, 5.41) is 3.18. The van der Waals surface area contributed by atoms with E-state index in [1.807, 2.05) is 30.3 Å². The van der Waals surface area contributed by atoms with Crippen LogP contribution in [-0.2, 0) is 16.6 Å². The smallest absolute Gasteiger partial charge is 0.242 e. The molecule has 2 aromatic carbocycles. The largest absolute Gasteiger partial charge is 0.380 e. The third-order valence-electron chi connectivity index (χ3n) is 2.88. The molecular formula is C15H17BrN2O2S. The highest BCUT2D eigenvalue weighted by Crippen LogP contribution is 2.21. The van der Waals surface area contributed by atoms with E-state index >= 15 is 0 Å². The van der Waals surface area contributed by atoms with Crippen LogP contribution in [0, 0.1) is 0 Å². The summed E-state index contributed by atoms with van der Waals surface area (Å²) in [5.74, 6) is 0. The molecule has 0 atom stereocenters. The maximum absolute atomic E-state index is 12.2. The summed E-state index contributed by atoms with van der Waals surface area (Å²) in [6, 6.07) is 14.8. The molecule has 0 aliphatic heterocycles. The Morgan fingerprint density at radius 2 is 1.86 bits per heavy atom. The van der Waals surface area contributed by atoms with Gasteiger partial charge >= 0.3 is 0 Å². The molecule has 0 unspecified atom stereocenters. The zero-order chi connectivity index (χ0) is 15.3. The average molecular weight is 369 g/mol. The first-order valence-corrected chi connectivity index (χ1v) is 8.87. The highest BCUT2D eigenvalue weighted by atomic mass is 79.9. The van der Waals surface area contributed by atoms with Crippen molar-refractivity contribution in [1.82, 2.24) is 4.72 Å². The van der Waals surface area contributed by atoms with E-state index in [-0.39, 0.29) is 4.90 Å². The predicted octanol–water partition coefficient (Wildman–Crippen LogP) is 3.36. The first-order chi connectivity index (χ1) is 10.0. The van der Waals surface area contributed by atoms with E-state index in [1.165, 1.54) is 0 Å². The summed E-state index contributed by atoms with van der Waals surface area (Å²) in [4.78, 5) is 0.266. The van der Waals surface area contributed by atoms with Gasteiger partial charge in [0, 0.05) is 17.6 Å². The minimum atomic E-state index is -3.48. The second-order valence-electron chi connectivity index (χ2n) is 4.48. The summed E-state index contributed by atoms with van der Waals surface area (Å²) in [5.41, 5.74) is 1.67. The molecule has 0 aliphatic rings. The molecule has 2 aromatic rings. The number of para-hydroxylation sites is 1. The van der Waals surface area contributed by atoms with Crippen molar-refractivity contribution in [2.24, 2.45) is 0 Å². The Morgan fingerprint density at radius 1 is 1.10 bits per heavy atom. The maximum atomic E-state index is 12.2. The lowest BCUT2D eigenvalue weighted by molar-refractivity contribution is 0.584. The molecule has 0 saturated carbocycles. The molecule has 0 bridgehead atoms. The van der Waals surface area contributed by atoms with Crippen molar-refractivity contribution in [3.05, 3.63) is 58.6 Å². The number of hydrogen-bond donors (Lipinski definition) is 2. The molecule has 0 fully saturated rings. The van der Waals surface area contributed by atoms with Crippen molar-refractivity contribution < 1.29 is 8.42 Å². The van der Waals surface area contributed by atoms with Crippen molar-refractivity contribution in [2.45, 2.75) is 18.4 Å². The summed E-state index contributed by atoms with van der Waals surface area (Å²) in [7, 11) is -3.48. The Morgan fingerprint density at radius 3 is 2.57 bits per heavy atom. The van der Waals surface area contributed by atoms with Gasteiger partial charge in [-0.3, -0.25) is 0 Å². The number of halogens is 1. The summed E-state index contributed by atoms with van der Waals surface area (Å²) in [6.07, 6.45) is 0. The lowest BCUT2D eigenvalue weighted by atomic mass is 10.2. The summed E-state index contributed by atoms with van der Waals surface area (Å²) < 4.78 is 27.8. The van der Waals surface area contributed by atoms with Crippen LogP contribution in [0.25, 0.3) is 0 Å². The lowest BCUT2D eigenvalue weighted by Crippen LogP contribution is -2.24. The SMILES string of the molecule is CCNS(=O)(=O)c1ccccc1NCc1cccc(Br)c1. The van der Waals surface area contributed by atoms with Gasteiger partial charge in [0.15, 0.2) is 0 Å². The van der Waals surface area contributed by atoms with Gasteiger partial charge in [-0.2, -0.15) is 0 Å². The predicted molar refractivity (Wildman–Crippen MR) is 88.8 cm³/mol. The van der Waals surface area contributed by atoms with Gasteiger partial charge in [-0.1, -0.05) is 47.1 Å². The van der Waals surface area contributed by atoms with Crippen molar-refractivity contribution in [1.29, 1.82) is 0 Å². The van der Waals surface area contributed by atoms with Crippen LogP contribution in [0.15, 0.2) is 57.9 Å². The topological polar surface area (TPSA) is 58.2 Å². The highest BCUT2D eigenvalue weighted by molar-refractivity contribution is 9.10. The van der Waals surface area contributed by atoms with Crippen molar-refractivity contribution in [2.75, 3.05) is 11.9 Å². The van der Waals surface area contributed by atoms with E-state index in [0.717, 1.165) is 10.0 Å². The average Bonchev–Trinajstić information content (AvgIpc) is 2.45. The molecule has 21 heavy (non-hydrogen) atoms. The van der Waals surface area contributed by atoms with Crippen LogP contribution in [0.3, 0.4) is 0 Å². The summed E-state index contributed by atoms with van der Waals surface area (Å²) in [6.45, 7) is 2.68. The van der Waals surface area contributed by atoms with E-state index in [0.29, 0.717) is 18.8 Å². The third kappa shape index (κ3) is 4.30. The quantitative estimate of drug-likeness (QED) is 0.821. The molecule has 112 valence electrons. The Balaban J connectivity index is 2.21. The Hall–Kier alpha value is -1.37. The second kappa shape index (κ2) is 7.06. The highest BCUT2D eigenvalue weighted by Gasteiger charge is 2.16. The number of benzene rings is 2. The molecule has 0 spiro atoms. The number of hydrogen-bond acceptors (Lipinski definition) is 3. The number of nitrogens with one attached hydrogen (secondary N) is 2. The minimum Gasteiger partial charge on any atom is -0.380 e. The van der Waals surface area contributed by atoms with Crippen molar-refractivity contribution >= 4 is 31.6 Å². The minimum absolute atomic E-state index is 0.266. The van der Waals surface area contributed by atoms with E-state index in [2.05, 4.69) is 26.0 Å². The molecule has 4 nitrogen and oxygen atoms in total. The van der Waals surface area contributed by atoms with Gasteiger partial charge in [0.2, 0.25) is 10.0 Å².